The van der Waals surface area contributed by atoms with Gasteiger partial charge in [-0.1, -0.05) is 11.6 Å². The van der Waals surface area contributed by atoms with E-state index in [4.69, 9.17) is 4.74 Å². The van der Waals surface area contributed by atoms with Gasteiger partial charge in [0.15, 0.2) is 0 Å². The van der Waals surface area contributed by atoms with Gasteiger partial charge in [0.25, 0.3) is 0 Å². The van der Waals surface area contributed by atoms with Crippen LogP contribution in [-0.2, 0) is 11.8 Å². The van der Waals surface area contributed by atoms with Gasteiger partial charge >= 0.3 is 0 Å². The first kappa shape index (κ1) is 16.2. The molecule has 0 radical (unpaired) electrons. The van der Waals surface area contributed by atoms with Crippen molar-refractivity contribution in [3.05, 3.63) is 29.6 Å². The molecule has 1 fully saturated rings. The Kier molecular flexibility index (Phi) is 6.00. The first-order valence-electron chi connectivity index (χ1n) is 8.06. The Morgan fingerprint density at radius 2 is 2.38 bits per heavy atom. The fraction of sp³-hybridized carbons (Fsp3) is 0.706. The SMILES string of the molecule is CC(C)=CCC[C@@H](C)N[C@H]1CCCO[C@@H]1c1cnn(C)c1. The third kappa shape index (κ3) is 4.97. The summed E-state index contributed by atoms with van der Waals surface area (Å²) in [5.41, 5.74) is 2.59. The van der Waals surface area contributed by atoms with Crippen molar-refractivity contribution in [2.45, 2.75) is 64.6 Å². The minimum Gasteiger partial charge on any atom is -0.372 e. The van der Waals surface area contributed by atoms with Crippen molar-refractivity contribution in [1.82, 2.24) is 15.1 Å². The first-order valence-corrected chi connectivity index (χ1v) is 8.06. The lowest BCUT2D eigenvalue weighted by Crippen LogP contribution is -2.43. The number of hydrogen-bond donors (Lipinski definition) is 1. The van der Waals surface area contributed by atoms with E-state index in [-0.39, 0.29) is 6.10 Å². The third-order valence-corrected chi connectivity index (χ3v) is 4.03. The normalized spacial score (nSPS) is 23.8. The lowest BCUT2D eigenvalue weighted by molar-refractivity contribution is -0.0136. The van der Waals surface area contributed by atoms with Gasteiger partial charge in [-0.15, -0.1) is 0 Å². The molecule has 1 saturated heterocycles. The fourth-order valence-electron chi connectivity index (χ4n) is 2.94. The van der Waals surface area contributed by atoms with Gasteiger partial charge in [-0.3, -0.25) is 4.68 Å². The maximum Gasteiger partial charge on any atom is 0.101 e. The fourth-order valence-corrected chi connectivity index (χ4v) is 2.94. The average Bonchev–Trinajstić information content (AvgIpc) is 2.85. The minimum atomic E-state index is 0.137. The zero-order valence-electron chi connectivity index (χ0n) is 13.8. The van der Waals surface area contributed by atoms with Crippen molar-refractivity contribution in [3.8, 4) is 0 Å². The van der Waals surface area contributed by atoms with E-state index in [0.29, 0.717) is 12.1 Å². The summed E-state index contributed by atoms with van der Waals surface area (Å²) in [6.07, 6.45) is 11.1. The van der Waals surface area contributed by atoms with E-state index in [2.05, 4.69) is 43.5 Å². The Hall–Kier alpha value is -1.13. The van der Waals surface area contributed by atoms with Crippen LogP contribution in [0.15, 0.2) is 24.0 Å². The van der Waals surface area contributed by atoms with Crippen LogP contribution in [0.4, 0.5) is 0 Å². The lowest BCUT2D eigenvalue weighted by atomic mass is 9.96. The number of hydrogen-bond acceptors (Lipinski definition) is 3. The molecule has 1 aliphatic heterocycles. The molecule has 0 bridgehead atoms. The van der Waals surface area contributed by atoms with E-state index in [1.54, 1.807) is 0 Å². The van der Waals surface area contributed by atoms with Crippen LogP contribution < -0.4 is 5.32 Å². The minimum absolute atomic E-state index is 0.137. The summed E-state index contributed by atoms with van der Waals surface area (Å²) >= 11 is 0. The molecule has 4 nitrogen and oxygen atoms in total. The Balaban J connectivity index is 1.91. The molecule has 0 saturated carbocycles. The third-order valence-electron chi connectivity index (χ3n) is 4.03. The van der Waals surface area contributed by atoms with Crippen LogP contribution in [-0.4, -0.2) is 28.5 Å². The Labute approximate surface area is 128 Å². The van der Waals surface area contributed by atoms with Gasteiger partial charge in [0.1, 0.15) is 6.10 Å². The van der Waals surface area contributed by atoms with Crippen molar-refractivity contribution in [1.29, 1.82) is 0 Å². The van der Waals surface area contributed by atoms with Gasteiger partial charge in [0.2, 0.25) is 0 Å². The Bertz CT molecular complexity index is 462. The molecule has 3 atom stereocenters. The molecule has 0 amide bonds. The van der Waals surface area contributed by atoms with Crippen LogP contribution in [0, 0.1) is 0 Å². The smallest absolute Gasteiger partial charge is 0.101 e. The predicted octanol–water partition coefficient (Wildman–Crippen LogP) is 3.36. The lowest BCUT2D eigenvalue weighted by Gasteiger charge is -2.34. The molecule has 1 aromatic heterocycles. The number of aromatic nitrogens is 2. The molecule has 0 aliphatic carbocycles. The number of nitrogens with zero attached hydrogens (tertiary/aromatic N) is 2. The molecule has 0 unspecified atom stereocenters. The van der Waals surface area contributed by atoms with Crippen molar-refractivity contribution in [2.24, 2.45) is 7.05 Å². The standard InChI is InChI=1S/C17H29N3O/c1-13(2)7-5-8-14(3)19-16-9-6-10-21-17(16)15-11-18-20(4)12-15/h7,11-12,14,16-17,19H,5-6,8-10H2,1-4H3/t14-,16+,17-/m1/s1. The molecule has 0 spiro atoms. The maximum atomic E-state index is 6.01. The average molecular weight is 291 g/mol. The second kappa shape index (κ2) is 7.76. The summed E-state index contributed by atoms with van der Waals surface area (Å²) in [6, 6.07) is 0.899. The number of allylic oxidation sites excluding steroid dienone is 2. The molecular formula is C17H29N3O. The van der Waals surface area contributed by atoms with Crippen LogP contribution in [0.2, 0.25) is 0 Å². The second-order valence-electron chi connectivity index (χ2n) is 6.41. The number of nitrogens with one attached hydrogen (secondary N) is 1. The largest absolute Gasteiger partial charge is 0.372 e. The van der Waals surface area contributed by atoms with Crippen molar-refractivity contribution in [2.75, 3.05) is 6.61 Å². The van der Waals surface area contributed by atoms with Crippen molar-refractivity contribution < 1.29 is 4.74 Å². The molecule has 0 aromatic carbocycles. The zero-order chi connectivity index (χ0) is 15.2. The van der Waals surface area contributed by atoms with Gasteiger partial charge in [0.05, 0.1) is 6.20 Å². The predicted molar refractivity (Wildman–Crippen MR) is 86.2 cm³/mol. The molecular weight excluding hydrogens is 262 g/mol. The molecule has 4 heteroatoms. The van der Waals surface area contributed by atoms with Crippen molar-refractivity contribution >= 4 is 0 Å². The van der Waals surface area contributed by atoms with Gasteiger partial charge < -0.3 is 10.1 Å². The van der Waals surface area contributed by atoms with Crippen LogP contribution in [0.3, 0.4) is 0 Å². The van der Waals surface area contributed by atoms with Gasteiger partial charge in [-0.25, -0.2) is 0 Å². The van der Waals surface area contributed by atoms with E-state index in [9.17, 15) is 0 Å². The Morgan fingerprint density at radius 1 is 1.57 bits per heavy atom. The summed E-state index contributed by atoms with van der Waals surface area (Å²) in [5, 5.41) is 8.03. The van der Waals surface area contributed by atoms with Crippen LogP contribution in [0.25, 0.3) is 0 Å². The molecule has 118 valence electrons. The Morgan fingerprint density at radius 3 is 3.05 bits per heavy atom. The second-order valence-corrected chi connectivity index (χ2v) is 6.41. The first-order chi connectivity index (χ1) is 10.1. The molecule has 2 heterocycles. The summed E-state index contributed by atoms with van der Waals surface area (Å²) < 4.78 is 7.86. The van der Waals surface area contributed by atoms with Crippen molar-refractivity contribution in [3.63, 3.8) is 0 Å². The maximum absolute atomic E-state index is 6.01. The van der Waals surface area contributed by atoms with Gasteiger partial charge in [-0.2, -0.15) is 5.10 Å². The quantitative estimate of drug-likeness (QED) is 0.817. The van der Waals surface area contributed by atoms with E-state index >= 15 is 0 Å². The number of rotatable bonds is 6. The highest BCUT2D eigenvalue weighted by molar-refractivity contribution is 5.12. The molecule has 2 rings (SSSR count). The van der Waals surface area contributed by atoms with E-state index in [0.717, 1.165) is 19.4 Å². The van der Waals surface area contributed by atoms with E-state index < -0.39 is 0 Å². The van der Waals surface area contributed by atoms with Crippen LogP contribution in [0.1, 0.15) is 58.1 Å². The van der Waals surface area contributed by atoms with Crippen LogP contribution in [0.5, 0.6) is 0 Å². The monoisotopic (exact) mass is 291 g/mol. The van der Waals surface area contributed by atoms with Gasteiger partial charge in [-0.05, 0) is 46.5 Å². The zero-order valence-corrected chi connectivity index (χ0v) is 13.8. The molecule has 1 aliphatic rings. The number of ether oxygens (including phenoxy) is 1. The van der Waals surface area contributed by atoms with Crippen LogP contribution >= 0.6 is 0 Å². The summed E-state index contributed by atoms with van der Waals surface area (Å²) in [4.78, 5) is 0. The topological polar surface area (TPSA) is 39.1 Å². The molecule has 21 heavy (non-hydrogen) atoms. The summed E-state index contributed by atoms with van der Waals surface area (Å²) in [7, 11) is 1.96. The molecule has 1 aromatic rings. The highest BCUT2D eigenvalue weighted by atomic mass is 16.5. The summed E-state index contributed by atoms with van der Waals surface area (Å²) in [6.45, 7) is 7.44. The summed E-state index contributed by atoms with van der Waals surface area (Å²) in [5.74, 6) is 0. The highest BCUT2D eigenvalue weighted by Crippen LogP contribution is 2.28. The van der Waals surface area contributed by atoms with E-state index in [1.807, 2.05) is 17.9 Å². The highest BCUT2D eigenvalue weighted by Gasteiger charge is 2.29. The number of aryl methyl sites for hydroxylation is 1. The molecule has 1 N–H and O–H groups in total. The van der Waals surface area contributed by atoms with Gasteiger partial charge in [0, 0.05) is 37.5 Å². The van der Waals surface area contributed by atoms with E-state index in [1.165, 1.54) is 24.0 Å².